The molecular formula is C19H35N3O4. The summed E-state index contributed by atoms with van der Waals surface area (Å²) in [5.41, 5.74) is -0.689. The SMILES string of the molecule is CCC(CC)(CC(=O)O)NC(=O)CC1CCCN(C(=O)NCC(C)C)C1. The fraction of sp³-hybridized carbons (Fsp3) is 0.842. The minimum Gasteiger partial charge on any atom is -0.481 e. The molecule has 3 amide bonds. The van der Waals surface area contributed by atoms with Crippen LogP contribution >= 0.6 is 0 Å². The molecule has 1 aliphatic heterocycles. The van der Waals surface area contributed by atoms with E-state index in [0.29, 0.717) is 38.3 Å². The number of carboxylic acid groups (broad SMARTS) is 1. The van der Waals surface area contributed by atoms with E-state index in [1.54, 1.807) is 4.90 Å². The number of nitrogens with one attached hydrogen (secondary N) is 2. The maximum absolute atomic E-state index is 12.5. The Morgan fingerprint density at radius 2 is 1.88 bits per heavy atom. The summed E-state index contributed by atoms with van der Waals surface area (Å²) < 4.78 is 0. The topological polar surface area (TPSA) is 98.7 Å². The summed E-state index contributed by atoms with van der Waals surface area (Å²) in [7, 11) is 0. The lowest BCUT2D eigenvalue weighted by atomic mass is 9.87. The van der Waals surface area contributed by atoms with Gasteiger partial charge in [0.05, 0.1) is 6.42 Å². The minimum absolute atomic E-state index is 0.0638. The highest BCUT2D eigenvalue weighted by molar-refractivity contribution is 5.79. The van der Waals surface area contributed by atoms with Crippen LogP contribution in [0.1, 0.15) is 66.2 Å². The quantitative estimate of drug-likeness (QED) is 0.582. The van der Waals surface area contributed by atoms with Gasteiger partial charge < -0.3 is 20.6 Å². The average Bonchev–Trinajstić information content (AvgIpc) is 2.58. The summed E-state index contributed by atoms with van der Waals surface area (Å²) in [6.07, 6.45) is 3.21. The van der Waals surface area contributed by atoms with E-state index >= 15 is 0 Å². The van der Waals surface area contributed by atoms with E-state index in [2.05, 4.69) is 24.5 Å². The fourth-order valence-electron chi connectivity index (χ4n) is 3.44. The Hall–Kier alpha value is -1.79. The molecule has 7 heteroatoms. The first-order valence-corrected chi connectivity index (χ1v) is 9.77. The van der Waals surface area contributed by atoms with Gasteiger partial charge >= 0.3 is 12.0 Å². The van der Waals surface area contributed by atoms with E-state index in [1.807, 2.05) is 13.8 Å². The van der Waals surface area contributed by atoms with E-state index in [-0.39, 0.29) is 24.3 Å². The maximum Gasteiger partial charge on any atom is 0.317 e. The molecule has 3 N–H and O–H groups in total. The van der Waals surface area contributed by atoms with E-state index < -0.39 is 11.5 Å². The Morgan fingerprint density at radius 1 is 1.23 bits per heavy atom. The molecule has 0 radical (unpaired) electrons. The highest BCUT2D eigenvalue weighted by atomic mass is 16.4. The number of carboxylic acids is 1. The van der Waals surface area contributed by atoms with Crippen LogP contribution in [0.15, 0.2) is 0 Å². The van der Waals surface area contributed by atoms with Crippen molar-refractivity contribution < 1.29 is 19.5 Å². The predicted molar refractivity (Wildman–Crippen MR) is 101 cm³/mol. The first-order chi connectivity index (χ1) is 12.2. The Morgan fingerprint density at radius 3 is 2.42 bits per heavy atom. The molecule has 0 aromatic rings. The van der Waals surface area contributed by atoms with Crippen molar-refractivity contribution in [1.82, 2.24) is 15.5 Å². The van der Waals surface area contributed by atoms with Gasteiger partial charge in [-0.2, -0.15) is 0 Å². The van der Waals surface area contributed by atoms with Gasteiger partial charge in [-0.3, -0.25) is 9.59 Å². The average molecular weight is 370 g/mol. The van der Waals surface area contributed by atoms with Crippen LogP contribution in [0.5, 0.6) is 0 Å². The van der Waals surface area contributed by atoms with Gasteiger partial charge in [0.2, 0.25) is 5.91 Å². The van der Waals surface area contributed by atoms with E-state index in [1.165, 1.54) is 0 Å². The Labute approximate surface area is 156 Å². The van der Waals surface area contributed by atoms with Crippen molar-refractivity contribution in [2.45, 2.75) is 71.8 Å². The van der Waals surface area contributed by atoms with Crippen LogP contribution in [-0.4, -0.2) is 53.1 Å². The van der Waals surface area contributed by atoms with Gasteiger partial charge in [0.15, 0.2) is 0 Å². The molecule has 1 saturated heterocycles. The minimum atomic E-state index is -0.903. The summed E-state index contributed by atoms with van der Waals surface area (Å²) in [5, 5.41) is 15.0. The second kappa shape index (κ2) is 10.4. The smallest absolute Gasteiger partial charge is 0.317 e. The van der Waals surface area contributed by atoms with Gasteiger partial charge in [-0.25, -0.2) is 4.79 Å². The van der Waals surface area contributed by atoms with E-state index in [9.17, 15) is 14.4 Å². The number of nitrogens with zero attached hydrogens (tertiary/aromatic N) is 1. The van der Waals surface area contributed by atoms with Crippen LogP contribution in [0.4, 0.5) is 4.79 Å². The lowest BCUT2D eigenvalue weighted by molar-refractivity contribution is -0.139. The third-order valence-corrected chi connectivity index (χ3v) is 5.19. The maximum atomic E-state index is 12.5. The van der Waals surface area contributed by atoms with Gasteiger partial charge in [-0.15, -0.1) is 0 Å². The number of likely N-dealkylation sites (tertiary alicyclic amines) is 1. The summed E-state index contributed by atoms with van der Waals surface area (Å²) >= 11 is 0. The molecule has 26 heavy (non-hydrogen) atoms. The standard InChI is InChI=1S/C19H35N3O4/c1-5-19(6-2,11-17(24)25)21-16(23)10-15-8-7-9-22(13-15)18(26)20-12-14(3)4/h14-15H,5-13H2,1-4H3,(H,20,26)(H,21,23)(H,24,25). The van der Waals surface area contributed by atoms with Crippen LogP contribution < -0.4 is 10.6 Å². The van der Waals surface area contributed by atoms with Crippen LogP contribution in [-0.2, 0) is 9.59 Å². The summed E-state index contributed by atoms with van der Waals surface area (Å²) in [6, 6.07) is -0.0638. The zero-order valence-corrected chi connectivity index (χ0v) is 16.6. The van der Waals surface area contributed by atoms with Crippen molar-refractivity contribution in [3.8, 4) is 0 Å². The number of amides is 3. The fourth-order valence-corrected chi connectivity index (χ4v) is 3.44. The highest BCUT2D eigenvalue weighted by Crippen LogP contribution is 2.23. The molecule has 1 rings (SSSR count). The molecular weight excluding hydrogens is 334 g/mol. The van der Waals surface area contributed by atoms with Crippen molar-refractivity contribution in [2.75, 3.05) is 19.6 Å². The van der Waals surface area contributed by atoms with Crippen molar-refractivity contribution in [3.05, 3.63) is 0 Å². The van der Waals surface area contributed by atoms with Gasteiger partial charge in [0, 0.05) is 31.6 Å². The van der Waals surface area contributed by atoms with Crippen LogP contribution in [0.25, 0.3) is 0 Å². The Kier molecular flexibility index (Phi) is 8.88. The number of rotatable bonds is 9. The molecule has 1 atom stereocenters. The second-order valence-electron chi connectivity index (χ2n) is 7.84. The molecule has 0 bridgehead atoms. The Balaban J connectivity index is 2.57. The third-order valence-electron chi connectivity index (χ3n) is 5.19. The first kappa shape index (κ1) is 22.3. The zero-order valence-electron chi connectivity index (χ0n) is 16.6. The molecule has 150 valence electrons. The van der Waals surface area contributed by atoms with Crippen molar-refractivity contribution in [3.63, 3.8) is 0 Å². The third kappa shape index (κ3) is 7.22. The first-order valence-electron chi connectivity index (χ1n) is 9.77. The van der Waals surface area contributed by atoms with Crippen LogP contribution in [0.3, 0.4) is 0 Å². The summed E-state index contributed by atoms with van der Waals surface area (Å²) in [4.78, 5) is 37.6. The van der Waals surface area contributed by atoms with Gasteiger partial charge in [-0.05, 0) is 37.5 Å². The second-order valence-corrected chi connectivity index (χ2v) is 7.84. The summed E-state index contributed by atoms with van der Waals surface area (Å²) in [5.74, 6) is -0.510. The normalized spacial score (nSPS) is 17.9. The zero-order chi connectivity index (χ0) is 19.7. The Bertz CT molecular complexity index is 489. The molecule has 1 aliphatic rings. The molecule has 0 aliphatic carbocycles. The van der Waals surface area contributed by atoms with Crippen LogP contribution in [0.2, 0.25) is 0 Å². The number of urea groups is 1. The molecule has 1 unspecified atom stereocenters. The van der Waals surface area contributed by atoms with Crippen molar-refractivity contribution in [2.24, 2.45) is 11.8 Å². The number of hydrogen-bond acceptors (Lipinski definition) is 3. The molecule has 0 saturated carbocycles. The number of aliphatic carboxylic acids is 1. The molecule has 7 nitrogen and oxygen atoms in total. The van der Waals surface area contributed by atoms with Gasteiger partial charge in [0.25, 0.3) is 0 Å². The molecule has 1 heterocycles. The van der Waals surface area contributed by atoms with Crippen molar-refractivity contribution >= 4 is 17.9 Å². The highest BCUT2D eigenvalue weighted by Gasteiger charge is 2.32. The number of hydrogen-bond donors (Lipinski definition) is 3. The van der Waals surface area contributed by atoms with Crippen molar-refractivity contribution in [1.29, 1.82) is 0 Å². The molecule has 0 aromatic heterocycles. The predicted octanol–water partition coefficient (Wildman–Crippen LogP) is 2.60. The largest absolute Gasteiger partial charge is 0.481 e. The molecule has 0 spiro atoms. The molecule has 1 fully saturated rings. The van der Waals surface area contributed by atoms with Gasteiger partial charge in [-0.1, -0.05) is 27.7 Å². The number of carbonyl (C=O) groups excluding carboxylic acids is 2. The monoisotopic (exact) mass is 369 g/mol. The number of carbonyl (C=O) groups is 3. The lowest BCUT2D eigenvalue weighted by Gasteiger charge is -2.35. The van der Waals surface area contributed by atoms with E-state index in [0.717, 1.165) is 19.4 Å². The lowest BCUT2D eigenvalue weighted by Crippen LogP contribution is -2.51. The van der Waals surface area contributed by atoms with E-state index in [4.69, 9.17) is 5.11 Å². The molecule has 0 aromatic carbocycles. The summed E-state index contributed by atoms with van der Waals surface area (Å²) in [6.45, 7) is 9.83. The van der Waals surface area contributed by atoms with Crippen LogP contribution in [0, 0.1) is 11.8 Å². The number of piperidine rings is 1. The van der Waals surface area contributed by atoms with Gasteiger partial charge in [0.1, 0.15) is 0 Å².